The fraction of sp³-hybridized carbons (Fsp3) is 0.588. The molecule has 4 nitrogen and oxygen atoms in total. The highest BCUT2D eigenvalue weighted by Crippen LogP contribution is 2.33. The summed E-state index contributed by atoms with van der Waals surface area (Å²) in [5.41, 5.74) is 0.713. The normalized spacial score (nSPS) is 31.6. The van der Waals surface area contributed by atoms with Crippen molar-refractivity contribution in [2.24, 2.45) is 0 Å². The van der Waals surface area contributed by atoms with Gasteiger partial charge in [-0.2, -0.15) is 0 Å². The molecular formula is C17H23NO3. The Morgan fingerprint density at radius 2 is 1.62 bits per heavy atom. The topological polar surface area (TPSA) is 45.4 Å². The second-order valence-electron chi connectivity index (χ2n) is 6.80. The van der Waals surface area contributed by atoms with E-state index in [-0.39, 0.29) is 23.0 Å². The summed E-state index contributed by atoms with van der Waals surface area (Å²) in [5, 5.41) is 0. The van der Waals surface area contributed by atoms with E-state index < -0.39 is 0 Å². The van der Waals surface area contributed by atoms with Crippen molar-refractivity contribution >= 4 is 5.91 Å². The fourth-order valence-electron chi connectivity index (χ4n) is 2.61. The quantitative estimate of drug-likeness (QED) is 0.754. The van der Waals surface area contributed by atoms with Crippen LogP contribution in [-0.2, 0) is 14.3 Å². The number of hydrogen-bond acceptors (Lipinski definition) is 3. The first-order chi connectivity index (χ1) is 9.91. The molecule has 3 rings (SSSR count). The van der Waals surface area contributed by atoms with Gasteiger partial charge in [0.25, 0.3) is 0 Å². The number of rotatable bonds is 6. The van der Waals surface area contributed by atoms with Gasteiger partial charge in [-0.3, -0.25) is 4.79 Å². The van der Waals surface area contributed by atoms with Gasteiger partial charge in [0.1, 0.15) is 11.2 Å². The van der Waals surface area contributed by atoms with Crippen molar-refractivity contribution < 1.29 is 14.3 Å². The molecule has 1 aromatic carbocycles. The molecule has 21 heavy (non-hydrogen) atoms. The van der Waals surface area contributed by atoms with E-state index in [4.69, 9.17) is 9.47 Å². The summed E-state index contributed by atoms with van der Waals surface area (Å²) in [6.45, 7) is 8.82. The molecule has 2 aliphatic heterocycles. The van der Waals surface area contributed by atoms with E-state index in [2.05, 4.69) is 13.8 Å². The van der Waals surface area contributed by atoms with Crippen LogP contribution in [0.15, 0.2) is 30.3 Å². The lowest BCUT2D eigenvalue weighted by Gasteiger charge is -2.29. The minimum absolute atomic E-state index is 0.143. The second kappa shape index (κ2) is 5.11. The molecule has 0 bridgehead atoms. The predicted molar refractivity (Wildman–Crippen MR) is 80.2 cm³/mol. The Balaban J connectivity index is 1.73. The summed E-state index contributed by atoms with van der Waals surface area (Å²) < 4.78 is 10.9. The van der Waals surface area contributed by atoms with Crippen molar-refractivity contribution in [1.29, 1.82) is 0 Å². The van der Waals surface area contributed by atoms with Crippen LogP contribution in [0.25, 0.3) is 0 Å². The lowest BCUT2D eigenvalue weighted by Crippen LogP contribution is -2.44. The number of hydrogen-bond donors (Lipinski definition) is 0. The van der Waals surface area contributed by atoms with Gasteiger partial charge in [0.2, 0.25) is 5.91 Å². The zero-order valence-corrected chi connectivity index (χ0v) is 13.0. The number of amides is 1. The minimum atomic E-state index is -0.169. The lowest BCUT2D eigenvalue weighted by molar-refractivity contribution is -0.134. The Morgan fingerprint density at radius 1 is 1.14 bits per heavy atom. The lowest BCUT2D eigenvalue weighted by atomic mass is 9.98. The molecule has 0 aromatic heterocycles. The molecule has 3 unspecified atom stereocenters. The van der Waals surface area contributed by atoms with Gasteiger partial charge in [0.05, 0.1) is 32.2 Å². The maximum Gasteiger partial charge on any atom is 0.230 e. The SMILES string of the molecule is CC(C(=O)N(CC1(C)CO1)CC1(C)CO1)c1ccccc1. The van der Waals surface area contributed by atoms with Crippen LogP contribution in [0, 0.1) is 0 Å². The molecule has 3 atom stereocenters. The maximum atomic E-state index is 12.9. The van der Waals surface area contributed by atoms with Gasteiger partial charge in [-0.1, -0.05) is 30.3 Å². The molecule has 114 valence electrons. The first-order valence-electron chi connectivity index (χ1n) is 7.53. The van der Waals surface area contributed by atoms with Crippen LogP contribution in [0.3, 0.4) is 0 Å². The van der Waals surface area contributed by atoms with E-state index in [0.717, 1.165) is 18.8 Å². The third-order valence-electron chi connectivity index (χ3n) is 4.31. The fourth-order valence-corrected chi connectivity index (χ4v) is 2.61. The standard InChI is InChI=1S/C17H23NO3/c1-13(14-7-5-4-6-8-14)15(19)18(9-16(2)11-20-16)10-17(3)12-21-17/h4-8,13H,9-12H2,1-3H3. The van der Waals surface area contributed by atoms with Crippen molar-refractivity contribution in [3.05, 3.63) is 35.9 Å². The first-order valence-corrected chi connectivity index (χ1v) is 7.53. The van der Waals surface area contributed by atoms with Crippen LogP contribution in [0.4, 0.5) is 0 Å². The van der Waals surface area contributed by atoms with Crippen molar-refractivity contribution in [2.45, 2.75) is 37.9 Å². The predicted octanol–water partition coefficient (Wildman–Crippen LogP) is 2.20. The van der Waals surface area contributed by atoms with Gasteiger partial charge >= 0.3 is 0 Å². The molecule has 4 heteroatoms. The van der Waals surface area contributed by atoms with Crippen LogP contribution in [0.1, 0.15) is 32.3 Å². The van der Waals surface area contributed by atoms with Crippen LogP contribution in [0.2, 0.25) is 0 Å². The summed E-state index contributed by atoms with van der Waals surface area (Å²) in [5.74, 6) is 0.00514. The summed E-state index contributed by atoms with van der Waals surface area (Å²) >= 11 is 0. The highest BCUT2D eigenvalue weighted by Gasteiger charge is 2.47. The molecule has 0 saturated carbocycles. The van der Waals surface area contributed by atoms with Gasteiger partial charge in [-0.15, -0.1) is 0 Å². The number of ether oxygens (including phenoxy) is 2. The Morgan fingerprint density at radius 3 is 2.05 bits per heavy atom. The van der Waals surface area contributed by atoms with E-state index in [1.807, 2.05) is 42.2 Å². The smallest absolute Gasteiger partial charge is 0.230 e. The molecule has 0 radical (unpaired) electrons. The second-order valence-corrected chi connectivity index (χ2v) is 6.80. The zero-order valence-electron chi connectivity index (χ0n) is 13.0. The molecule has 0 N–H and O–H groups in total. The zero-order chi connectivity index (χ0) is 15.1. The maximum absolute atomic E-state index is 12.9. The van der Waals surface area contributed by atoms with Crippen molar-refractivity contribution in [2.75, 3.05) is 26.3 Å². The van der Waals surface area contributed by atoms with Crippen molar-refractivity contribution in [1.82, 2.24) is 4.90 Å². The van der Waals surface area contributed by atoms with Crippen LogP contribution in [0.5, 0.6) is 0 Å². The number of nitrogens with zero attached hydrogens (tertiary/aromatic N) is 1. The molecule has 2 aliphatic rings. The van der Waals surface area contributed by atoms with Gasteiger partial charge in [0.15, 0.2) is 0 Å². The van der Waals surface area contributed by atoms with E-state index in [0.29, 0.717) is 13.1 Å². The molecule has 2 fully saturated rings. The number of carbonyl (C=O) groups excluding carboxylic acids is 1. The van der Waals surface area contributed by atoms with Gasteiger partial charge in [-0.25, -0.2) is 0 Å². The summed E-state index contributed by atoms with van der Waals surface area (Å²) in [6.07, 6.45) is 0. The number of carbonyl (C=O) groups is 1. The Hall–Kier alpha value is -1.39. The van der Waals surface area contributed by atoms with Crippen molar-refractivity contribution in [3.63, 3.8) is 0 Å². The van der Waals surface area contributed by atoms with E-state index in [9.17, 15) is 4.79 Å². The van der Waals surface area contributed by atoms with E-state index in [1.54, 1.807) is 0 Å². The Kier molecular flexibility index (Phi) is 3.54. The van der Waals surface area contributed by atoms with E-state index >= 15 is 0 Å². The Labute approximate surface area is 126 Å². The van der Waals surface area contributed by atoms with Gasteiger partial charge in [-0.05, 0) is 26.3 Å². The van der Waals surface area contributed by atoms with Crippen LogP contribution < -0.4 is 0 Å². The summed E-state index contributed by atoms with van der Waals surface area (Å²) in [7, 11) is 0. The minimum Gasteiger partial charge on any atom is -0.368 e. The largest absolute Gasteiger partial charge is 0.368 e. The summed E-state index contributed by atoms with van der Waals surface area (Å²) in [4.78, 5) is 14.8. The molecule has 1 aromatic rings. The highest BCUT2D eigenvalue weighted by molar-refractivity contribution is 5.83. The van der Waals surface area contributed by atoms with Gasteiger partial charge in [0, 0.05) is 0 Å². The number of epoxide rings is 2. The van der Waals surface area contributed by atoms with Crippen LogP contribution >= 0.6 is 0 Å². The molecular weight excluding hydrogens is 266 g/mol. The molecule has 0 spiro atoms. The molecule has 1 amide bonds. The third kappa shape index (κ3) is 3.44. The molecule has 0 aliphatic carbocycles. The first kappa shape index (κ1) is 14.5. The molecule has 2 saturated heterocycles. The van der Waals surface area contributed by atoms with Crippen LogP contribution in [-0.4, -0.2) is 48.3 Å². The summed E-state index contributed by atoms with van der Waals surface area (Å²) in [6, 6.07) is 9.92. The number of benzene rings is 1. The van der Waals surface area contributed by atoms with Crippen molar-refractivity contribution in [3.8, 4) is 0 Å². The third-order valence-corrected chi connectivity index (χ3v) is 4.31. The average Bonchev–Trinajstić information content (AvgIpc) is 3.38. The van der Waals surface area contributed by atoms with Gasteiger partial charge < -0.3 is 14.4 Å². The Bertz CT molecular complexity index is 500. The monoisotopic (exact) mass is 289 g/mol. The average molecular weight is 289 g/mol. The molecule has 2 heterocycles. The van der Waals surface area contributed by atoms with E-state index in [1.165, 1.54) is 0 Å². The highest BCUT2D eigenvalue weighted by atomic mass is 16.6.